The molecule has 0 N–H and O–H groups in total. The Morgan fingerprint density at radius 1 is 1.00 bits per heavy atom. The van der Waals surface area contributed by atoms with Crippen LogP contribution in [0.25, 0.3) is 21.9 Å². The molecule has 2 heterocycles. The van der Waals surface area contributed by atoms with Crippen LogP contribution < -0.4 is 0 Å². The van der Waals surface area contributed by atoms with Gasteiger partial charge >= 0.3 is 0 Å². The van der Waals surface area contributed by atoms with Gasteiger partial charge in [0.05, 0.1) is 24.2 Å². The van der Waals surface area contributed by atoms with Gasteiger partial charge in [0.15, 0.2) is 0 Å². The zero-order valence-corrected chi connectivity index (χ0v) is 20.1. The SMILES string of the molecule is CC(C)C1c2cc(C3CC3c3cc(-c4ccoc4)c4cc(C#N)ccc4c3)ccc2CCN1C. The standard InChI is InChI=1S/C31H30N2O/c1-19(2)31-30-14-23(7-6-21(30)8-10-33(31)3)28-16-29(28)25-13-22-5-4-20(17-32)12-26(22)27(15-25)24-9-11-34-18-24/h4-7,9,11-15,18-19,28-29,31H,8,10,16H2,1-3H3. The summed E-state index contributed by atoms with van der Waals surface area (Å²) in [6.07, 6.45) is 5.85. The summed E-state index contributed by atoms with van der Waals surface area (Å²) < 4.78 is 5.40. The number of fused-ring (bicyclic) bond motifs is 2. The predicted molar refractivity (Wildman–Crippen MR) is 137 cm³/mol. The molecule has 3 nitrogen and oxygen atoms in total. The number of furan rings is 1. The van der Waals surface area contributed by atoms with E-state index in [4.69, 9.17) is 4.42 Å². The van der Waals surface area contributed by atoms with Gasteiger partial charge in [-0.25, -0.2) is 0 Å². The predicted octanol–water partition coefficient (Wildman–Crippen LogP) is 7.43. The molecule has 0 amide bonds. The molecule has 1 aliphatic heterocycles. The van der Waals surface area contributed by atoms with Crippen molar-refractivity contribution >= 4 is 10.8 Å². The van der Waals surface area contributed by atoms with Gasteiger partial charge in [0.1, 0.15) is 0 Å². The zero-order chi connectivity index (χ0) is 23.4. The Balaban J connectivity index is 1.38. The van der Waals surface area contributed by atoms with Crippen molar-refractivity contribution in [1.29, 1.82) is 5.26 Å². The second-order valence-corrected chi connectivity index (χ2v) is 10.5. The first kappa shape index (κ1) is 21.2. The van der Waals surface area contributed by atoms with Gasteiger partial charge < -0.3 is 4.42 Å². The lowest BCUT2D eigenvalue weighted by Crippen LogP contribution is -2.35. The van der Waals surface area contributed by atoms with Crippen LogP contribution in [0.4, 0.5) is 0 Å². The third-order valence-corrected chi connectivity index (χ3v) is 7.91. The maximum atomic E-state index is 9.41. The summed E-state index contributed by atoms with van der Waals surface area (Å²) in [6, 6.07) is 22.7. The van der Waals surface area contributed by atoms with Crippen LogP contribution in [0, 0.1) is 17.2 Å². The minimum absolute atomic E-state index is 0.503. The van der Waals surface area contributed by atoms with Crippen molar-refractivity contribution < 1.29 is 4.42 Å². The van der Waals surface area contributed by atoms with Crippen LogP contribution in [0.5, 0.6) is 0 Å². The number of hydrogen-bond donors (Lipinski definition) is 0. The number of hydrogen-bond acceptors (Lipinski definition) is 3. The minimum Gasteiger partial charge on any atom is -0.472 e. The molecule has 6 rings (SSSR count). The Labute approximate surface area is 201 Å². The molecule has 1 saturated carbocycles. The van der Waals surface area contributed by atoms with Crippen LogP contribution >= 0.6 is 0 Å². The monoisotopic (exact) mass is 446 g/mol. The lowest BCUT2D eigenvalue weighted by molar-refractivity contribution is 0.181. The highest BCUT2D eigenvalue weighted by Crippen LogP contribution is 2.56. The van der Waals surface area contributed by atoms with Crippen LogP contribution in [0.2, 0.25) is 0 Å². The van der Waals surface area contributed by atoms with E-state index < -0.39 is 0 Å². The van der Waals surface area contributed by atoms with E-state index in [2.05, 4.69) is 68.3 Å². The average Bonchev–Trinajstić information content (AvgIpc) is 3.46. The smallest absolute Gasteiger partial charge is 0.0991 e. The van der Waals surface area contributed by atoms with E-state index in [9.17, 15) is 5.26 Å². The third kappa shape index (κ3) is 3.54. The second-order valence-electron chi connectivity index (χ2n) is 10.5. The third-order valence-electron chi connectivity index (χ3n) is 7.91. The molecule has 2 aliphatic rings. The van der Waals surface area contributed by atoms with Crippen molar-refractivity contribution in [2.24, 2.45) is 5.92 Å². The van der Waals surface area contributed by atoms with Crippen molar-refractivity contribution in [3.63, 3.8) is 0 Å². The molecule has 0 spiro atoms. The van der Waals surface area contributed by atoms with Crippen molar-refractivity contribution in [3.05, 3.63) is 94.9 Å². The molecule has 3 atom stereocenters. The van der Waals surface area contributed by atoms with E-state index in [1.54, 1.807) is 12.5 Å². The minimum atomic E-state index is 0.503. The summed E-state index contributed by atoms with van der Waals surface area (Å²) in [4.78, 5) is 2.52. The number of rotatable bonds is 4. The maximum Gasteiger partial charge on any atom is 0.0991 e. The number of likely N-dealkylation sites (N-methyl/N-ethyl adjacent to an activating group) is 1. The molecular weight excluding hydrogens is 416 g/mol. The van der Waals surface area contributed by atoms with Gasteiger partial charge in [-0.05, 0) is 94.4 Å². The van der Waals surface area contributed by atoms with Crippen LogP contribution in [-0.2, 0) is 6.42 Å². The number of nitrogens with zero attached hydrogens (tertiary/aromatic N) is 2. The molecule has 1 aromatic heterocycles. The summed E-state index contributed by atoms with van der Waals surface area (Å²) in [5, 5.41) is 11.7. The highest BCUT2D eigenvalue weighted by Gasteiger charge is 2.40. The fraction of sp³-hybridized carbons (Fsp3) is 0.323. The van der Waals surface area contributed by atoms with Crippen LogP contribution in [0.3, 0.4) is 0 Å². The Kier molecular flexibility index (Phi) is 5.08. The van der Waals surface area contributed by atoms with Crippen LogP contribution in [0.1, 0.15) is 66.0 Å². The molecule has 0 saturated heterocycles. The summed E-state index contributed by atoms with van der Waals surface area (Å²) >= 11 is 0. The van der Waals surface area contributed by atoms with Gasteiger partial charge in [0, 0.05) is 18.2 Å². The summed E-state index contributed by atoms with van der Waals surface area (Å²) in [6.45, 7) is 5.82. The highest BCUT2D eigenvalue weighted by atomic mass is 16.3. The van der Waals surface area contributed by atoms with E-state index in [1.807, 2.05) is 18.2 Å². The van der Waals surface area contributed by atoms with E-state index in [1.165, 1.54) is 34.1 Å². The largest absolute Gasteiger partial charge is 0.472 e. The van der Waals surface area contributed by atoms with Crippen molar-refractivity contribution in [2.45, 2.75) is 44.6 Å². The van der Waals surface area contributed by atoms with Crippen LogP contribution in [0.15, 0.2) is 71.5 Å². The normalized spacial score (nSPS) is 22.0. The molecule has 3 unspecified atom stereocenters. The number of nitriles is 1. The van der Waals surface area contributed by atoms with Crippen molar-refractivity contribution in [2.75, 3.05) is 13.6 Å². The Morgan fingerprint density at radius 3 is 2.62 bits per heavy atom. The molecule has 0 radical (unpaired) electrons. The quantitative estimate of drug-likeness (QED) is 0.327. The van der Waals surface area contributed by atoms with Gasteiger partial charge in [0.2, 0.25) is 0 Å². The van der Waals surface area contributed by atoms with Crippen molar-refractivity contribution in [1.82, 2.24) is 4.90 Å². The maximum absolute atomic E-state index is 9.41. The molecular formula is C31H30N2O. The summed E-state index contributed by atoms with van der Waals surface area (Å²) in [5.74, 6) is 1.70. The van der Waals surface area contributed by atoms with Gasteiger partial charge in [-0.3, -0.25) is 4.90 Å². The Hall–Kier alpha value is -3.35. The fourth-order valence-electron chi connectivity index (χ4n) is 6.14. The molecule has 1 fully saturated rings. The Morgan fingerprint density at radius 2 is 1.85 bits per heavy atom. The topological polar surface area (TPSA) is 40.2 Å². The summed E-state index contributed by atoms with van der Waals surface area (Å²) in [7, 11) is 2.27. The summed E-state index contributed by atoms with van der Waals surface area (Å²) in [5.41, 5.74) is 8.83. The molecule has 0 bridgehead atoms. The first-order chi connectivity index (χ1) is 16.5. The van der Waals surface area contributed by atoms with Gasteiger partial charge in [0.25, 0.3) is 0 Å². The van der Waals surface area contributed by atoms with E-state index in [0.29, 0.717) is 29.4 Å². The lowest BCUT2D eigenvalue weighted by Gasteiger charge is -2.37. The highest BCUT2D eigenvalue weighted by molar-refractivity contribution is 5.98. The average molecular weight is 447 g/mol. The van der Waals surface area contributed by atoms with E-state index >= 15 is 0 Å². The van der Waals surface area contributed by atoms with E-state index in [0.717, 1.165) is 29.5 Å². The zero-order valence-electron chi connectivity index (χ0n) is 20.1. The van der Waals surface area contributed by atoms with Crippen molar-refractivity contribution in [3.8, 4) is 17.2 Å². The second kappa shape index (κ2) is 8.15. The molecule has 1 aliphatic carbocycles. The fourth-order valence-corrected chi connectivity index (χ4v) is 6.14. The molecule has 170 valence electrons. The van der Waals surface area contributed by atoms with E-state index in [-0.39, 0.29) is 0 Å². The lowest BCUT2D eigenvalue weighted by atomic mass is 9.85. The molecule has 4 aromatic rings. The molecule has 3 heteroatoms. The number of benzene rings is 3. The van der Waals surface area contributed by atoms with Gasteiger partial charge in [-0.15, -0.1) is 0 Å². The molecule has 3 aromatic carbocycles. The Bertz CT molecular complexity index is 1410. The first-order valence-corrected chi connectivity index (χ1v) is 12.4. The van der Waals surface area contributed by atoms with Crippen LogP contribution in [-0.4, -0.2) is 18.5 Å². The van der Waals surface area contributed by atoms with Gasteiger partial charge in [-0.2, -0.15) is 5.26 Å². The first-order valence-electron chi connectivity index (χ1n) is 12.4. The van der Waals surface area contributed by atoms with Gasteiger partial charge in [-0.1, -0.05) is 50.2 Å². The molecule has 34 heavy (non-hydrogen) atoms.